The topological polar surface area (TPSA) is 67.8 Å². The second-order valence-electron chi connectivity index (χ2n) is 5.41. The Morgan fingerprint density at radius 1 is 1.08 bits per heavy atom. The van der Waals surface area contributed by atoms with E-state index in [0.717, 1.165) is 22.9 Å². The minimum Gasteiger partial charge on any atom is -0.305 e. The summed E-state index contributed by atoms with van der Waals surface area (Å²) >= 11 is 0. The fourth-order valence-electron chi connectivity index (χ4n) is 2.29. The summed E-state index contributed by atoms with van der Waals surface area (Å²) in [6.45, 7) is 4.01. The molecule has 6 heteroatoms. The molecule has 2 aromatic heterocycles. The Hall–Kier alpha value is -3.15. The highest BCUT2D eigenvalue weighted by molar-refractivity contribution is 6.03. The number of aryl methyl sites for hydroxylation is 2. The second-order valence-corrected chi connectivity index (χ2v) is 5.41. The Labute approximate surface area is 138 Å². The van der Waals surface area contributed by atoms with Crippen molar-refractivity contribution >= 4 is 11.7 Å². The monoisotopic (exact) mass is 322 g/mol. The van der Waals surface area contributed by atoms with Gasteiger partial charge in [0.15, 0.2) is 11.6 Å². The van der Waals surface area contributed by atoms with E-state index < -0.39 is 11.7 Å². The Morgan fingerprint density at radius 3 is 2.62 bits per heavy atom. The Kier molecular flexibility index (Phi) is 4.29. The molecule has 0 unspecified atom stereocenters. The number of rotatable bonds is 3. The van der Waals surface area contributed by atoms with Crippen LogP contribution in [0.1, 0.15) is 21.5 Å². The van der Waals surface area contributed by atoms with Crippen molar-refractivity contribution < 1.29 is 9.18 Å². The molecule has 120 valence electrons. The molecule has 0 saturated heterocycles. The van der Waals surface area contributed by atoms with E-state index in [-0.39, 0.29) is 11.4 Å². The minimum atomic E-state index is -0.685. The van der Waals surface area contributed by atoms with Crippen molar-refractivity contribution in [3.8, 4) is 11.3 Å². The van der Waals surface area contributed by atoms with Gasteiger partial charge in [-0.1, -0.05) is 17.7 Å². The van der Waals surface area contributed by atoms with Crippen LogP contribution >= 0.6 is 0 Å². The molecule has 1 aromatic carbocycles. The lowest BCUT2D eigenvalue weighted by atomic mass is 10.0. The van der Waals surface area contributed by atoms with Crippen molar-refractivity contribution in [2.45, 2.75) is 13.8 Å². The number of hydrogen-bond acceptors (Lipinski definition) is 4. The smallest absolute Gasteiger partial charge is 0.259 e. The van der Waals surface area contributed by atoms with Crippen LogP contribution in [0.5, 0.6) is 0 Å². The number of benzene rings is 1. The van der Waals surface area contributed by atoms with Gasteiger partial charge in [0.05, 0.1) is 29.8 Å². The van der Waals surface area contributed by atoms with Gasteiger partial charge in [-0.05, 0) is 31.5 Å². The third-order valence-electron chi connectivity index (χ3n) is 3.58. The number of carbonyl (C=O) groups is 1. The van der Waals surface area contributed by atoms with Crippen LogP contribution in [0.3, 0.4) is 0 Å². The highest BCUT2D eigenvalue weighted by Crippen LogP contribution is 2.22. The molecule has 3 aromatic rings. The molecule has 0 fully saturated rings. The molecule has 0 bridgehead atoms. The first kappa shape index (κ1) is 15.7. The first-order valence-corrected chi connectivity index (χ1v) is 7.35. The van der Waals surface area contributed by atoms with Gasteiger partial charge < -0.3 is 5.32 Å². The minimum absolute atomic E-state index is 0.0922. The zero-order valence-electron chi connectivity index (χ0n) is 13.2. The van der Waals surface area contributed by atoms with Gasteiger partial charge in [-0.2, -0.15) is 0 Å². The van der Waals surface area contributed by atoms with Crippen LogP contribution in [0, 0.1) is 19.7 Å². The molecule has 0 aliphatic carbocycles. The van der Waals surface area contributed by atoms with Crippen molar-refractivity contribution in [3.63, 3.8) is 0 Å². The van der Waals surface area contributed by atoms with Crippen LogP contribution in [0.15, 0.2) is 49.1 Å². The number of carbonyl (C=O) groups excluding carboxylic acids is 1. The number of aromatic nitrogens is 3. The molecule has 0 atom stereocenters. The molecule has 2 heterocycles. The summed E-state index contributed by atoms with van der Waals surface area (Å²) in [4.78, 5) is 24.2. The summed E-state index contributed by atoms with van der Waals surface area (Å²) in [5.41, 5.74) is 3.82. The lowest BCUT2D eigenvalue weighted by Gasteiger charge is -2.08. The molecule has 1 amide bonds. The zero-order chi connectivity index (χ0) is 17.1. The Morgan fingerprint density at radius 2 is 1.92 bits per heavy atom. The Balaban J connectivity index is 1.81. The molecular weight excluding hydrogens is 307 g/mol. The zero-order valence-corrected chi connectivity index (χ0v) is 13.2. The summed E-state index contributed by atoms with van der Waals surface area (Å²) in [5, 5.41) is 2.52. The van der Waals surface area contributed by atoms with Crippen molar-refractivity contribution in [2.75, 3.05) is 5.32 Å². The van der Waals surface area contributed by atoms with Crippen molar-refractivity contribution in [3.05, 3.63) is 71.6 Å². The highest BCUT2D eigenvalue weighted by atomic mass is 19.1. The van der Waals surface area contributed by atoms with Crippen molar-refractivity contribution in [1.29, 1.82) is 0 Å². The van der Waals surface area contributed by atoms with Crippen LogP contribution < -0.4 is 5.32 Å². The predicted molar refractivity (Wildman–Crippen MR) is 89.1 cm³/mol. The van der Waals surface area contributed by atoms with E-state index in [1.165, 1.54) is 18.5 Å². The SMILES string of the molecule is Cc1ccc(C)c(-c2cnc(NC(=O)c3ccncc3F)cn2)c1. The summed E-state index contributed by atoms with van der Waals surface area (Å²) in [6, 6.07) is 7.39. The van der Waals surface area contributed by atoms with Crippen LogP contribution in [-0.4, -0.2) is 20.9 Å². The van der Waals surface area contributed by atoms with E-state index in [1.807, 2.05) is 32.0 Å². The average Bonchev–Trinajstić information content (AvgIpc) is 2.58. The molecule has 5 nitrogen and oxygen atoms in total. The van der Waals surface area contributed by atoms with Crippen molar-refractivity contribution in [1.82, 2.24) is 15.0 Å². The summed E-state index contributed by atoms with van der Waals surface area (Å²) in [6.07, 6.45) is 5.38. The van der Waals surface area contributed by atoms with E-state index in [1.54, 1.807) is 6.20 Å². The predicted octanol–water partition coefficient (Wildman–Crippen LogP) is 3.55. The lowest BCUT2D eigenvalue weighted by Crippen LogP contribution is -2.15. The molecule has 0 aliphatic heterocycles. The molecule has 0 aliphatic rings. The number of halogens is 1. The van der Waals surface area contributed by atoms with E-state index in [4.69, 9.17) is 0 Å². The standard InChI is InChI=1S/C18H15FN4O/c1-11-3-4-12(2)14(7-11)16-9-22-17(10-21-16)23-18(24)13-5-6-20-8-15(13)19/h3-10H,1-2H3,(H,22,23,24). The lowest BCUT2D eigenvalue weighted by molar-refractivity contribution is 0.102. The highest BCUT2D eigenvalue weighted by Gasteiger charge is 2.12. The van der Waals surface area contributed by atoms with Gasteiger partial charge in [-0.3, -0.25) is 14.8 Å². The van der Waals surface area contributed by atoms with Gasteiger partial charge in [0.1, 0.15) is 0 Å². The average molecular weight is 322 g/mol. The molecular formula is C18H15FN4O. The first-order chi connectivity index (χ1) is 11.5. The van der Waals surface area contributed by atoms with E-state index in [2.05, 4.69) is 20.3 Å². The first-order valence-electron chi connectivity index (χ1n) is 7.35. The maximum Gasteiger partial charge on any atom is 0.259 e. The molecule has 3 rings (SSSR count). The fraction of sp³-hybridized carbons (Fsp3) is 0.111. The third-order valence-corrected chi connectivity index (χ3v) is 3.58. The van der Waals surface area contributed by atoms with Crippen molar-refractivity contribution in [2.24, 2.45) is 0 Å². The van der Waals surface area contributed by atoms with Crippen LogP contribution in [0.25, 0.3) is 11.3 Å². The van der Waals surface area contributed by atoms with Crippen LogP contribution in [-0.2, 0) is 0 Å². The Bertz CT molecular complexity index is 894. The van der Waals surface area contributed by atoms with Gasteiger partial charge >= 0.3 is 0 Å². The maximum absolute atomic E-state index is 13.6. The number of hydrogen-bond donors (Lipinski definition) is 1. The molecule has 0 radical (unpaired) electrons. The van der Waals surface area contributed by atoms with Gasteiger partial charge in [0, 0.05) is 11.8 Å². The van der Waals surface area contributed by atoms with Crippen LogP contribution in [0.2, 0.25) is 0 Å². The number of nitrogens with one attached hydrogen (secondary N) is 1. The van der Waals surface area contributed by atoms with Gasteiger partial charge in [0.25, 0.3) is 5.91 Å². The molecule has 24 heavy (non-hydrogen) atoms. The summed E-state index contributed by atoms with van der Waals surface area (Å²) < 4.78 is 13.6. The van der Waals surface area contributed by atoms with Gasteiger partial charge in [0.2, 0.25) is 0 Å². The molecule has 0 spiro atoms. The largest absolute Gasteiger partial charge is 0.305 e. The number of anilines is 1. The van der Waals surface area contributed by atoms with E-state index in [0.29, 0.717) is 5.69 Å². The number of nitrogens with zero attached hydrogens (tertiary/aromatic N) is 3. The number of pyridine rings is 1. The van der Waals surface area contributed by atoms with Gasteiger partial charge in [-0.25, -0.2) is 9.37 Å². The summed E-state index contributed by atoms with van der Waals surface area (Å²) in [5.74, 6) is -1.02. The summed E-state index contributed by atoms with van der Waals surface area (Å²) in [7, 11) is 0. The quantitative estimate of drug-likeness (QED) is 0.801. The third kappa shape index (κ3) is 3.27. The fourth-order valence-corrected chi connectivity index (χ4v) is 2.29. The van der Waals surface area contributed by atoms with Gasteiger partial charge in [-0.15, -0.1) is 0 Å². The normalized spacial score (nSPS) is 10.5. The maximum atomic E-state index is 13.6. The molecule has 1 N–H and O–H groups in total. The van der Waals surface area contributed by atoms with Crippen LogP contribution in [0.4, 0.5) is 10.2 Å². The molecule has 0 saturated carbocycles. The van der Waals surface area contributed by atoms with E-state index in [9.17, 15) is 9.18 Å². The number of amides is 1. The van der Waals surface area contributed by atoms with E-state index >= 15 is 0 Å². The second kappa shape index (κ2) is 6.54.